The first kappa shape index (κ1) is 26.5. The number of amides is 3. The summed E-state index contributed by atoms with van der Waals surface area (Å²) in [5, 5.41) is 5.38. The Bertz CT molecular complexity index is 1170. The Balaban J connectivity index is 1.47. The van der Waals surface area contributed by atoms with Gasteiger partial charge in [-0.3, -0.25) is 14.4 Å². The van der Waals surface area contributed by atoms with E-state index in [2.05, 4.69) is 10.6 Å². The van der Waals surface area contributed by atoms with Crippen LogP contribution in [0, 0.1) is 0 Å². The van der Waals surface area contributed by atoms with Crippen molar-refractivity contribution in [1.82, 2.24) is 10.2 Å². The summed E-state index contributed by atoms with van der Waals surface area (Å²) in [4.78, 5) is 39.5. The summed E-state index contributed by atoms with van der Waals surface area (Å²) in [5.74, 6) is -0.697. The van der Waals surface area contributed by atoms with E-state index < -0.39 is 23.8 Å². The van der Waals surface area contributed by atoms with E-state index in [1.807, 2.05) is 6.92 Å². The number of nitrogens with one attached hydrogen (secondary N) is 2. The van der Waals surface area contributed by atoms with Gasteiger partial charge in [0, 0.05) is 24.8 Å². The fraction of sp³-hybridized carbons (Fsp3) is 0.423. The SMILES string of the molecule is CCNC(=O)C[C@H]1CC[C@@H]2[C@H](COc3ccc(NC(=O)c4ccc(C(F)(F)F)cc4)cc3C(=O)N2C)O1. The van der Waals surface area contributed by atoms with E-state index >= 15 is 0 Å². The van der Waals surface area contributed by atoms with E-state index in [1.165, 1.54) is 6.07 Å². The van der Waals surface area contributed by atoms with Gasteiger partial charge < -0.3 is 25.0 Å². The Morgan fingerprint density at radius 1 is 1.11 bits per heavy atom. The predicted octanol–water partition coefficient (Wildman–Crippen LogP) is 3.86. The zero-order valence-corrected chi connectivity index (χ0v) is 20.4. The maximum atomic E-state index is 13.3. The molecule has 3 amide bonds. The van der Waals surface area contributed by atoms with Crippen LogP contribution in [0.4, 0.5) is 18.9 Å². The van der Waals surface area contributed by atoms with Crippen molar-refractivity contribution < 1.29 is 37.0 Å². The van der Waals surface area contributed by atoms with Crippen LogP contribution in [0.5, 0.6) is 5.75 Å². The molecule has 0 radical (unpaired) electrons. The van der Waals surface area contributed by atoms with Crippen molar-refractivity contribution in [1.29, 1.82) is 0 Å². The van der Waals surface area contributed by atoms with Crippen LogP contribution in [-0.4, -0.2) is 61.1 Å². The van der Waals surface area contributed by atoms with Crippen molar-refractivity contribution in [3.05, 3.63) is 59.2 Å². The monoisotopic (exact) mass is 519 g/mol. The van der Waals surface area contributed by atoms with Gasteiger partial charge in [0.15, 0.2) is 0 Å². The second kappa shape index (κ2) is 10.8. The summed E-state index contributed by atoms with van der Waals surface area (Å²) in [5.41, 5.74) is -0.260. The van der Waals surface area contributed by atoms with Gasteiger partial charge in [-0.2, -0.15) is 13.2 Å². The molecule has 0 aliphatic carbocycles. The highest BCUT2D eigenvalue weighted by Gasteiger charge is 2.39. The van der Waals surface area contributed by atoms with Crippen molar-refractivity contribution in [3.8, 4) is 5.75 Å². The maximum absolute atomic E-state index is 13.3. The number of carbonyl (C=O) groups excluding carboxylic acids is 3. The second-order valence-electron chi connectivity index (χ2n) is 9.07. The van der Waals surface area contributed by atoms with Gasteiger partial charge in [-0.15, -0.1) is 0 Å². The zero-order chi connectivity index (χ0) is 26.7. The predicted molar refractivity (Wildman–Crippen MR) is 128 cm³/mol. The Morgan fingerprint density at radius 3 is 2.51 bits per heavy atom. The van der Waals surface area contributed by atoms with Crippen LogP contribution in [0.15, 0.2) is 42.5 Å². The highest BCUT2D eigenvalue weighted by Crippen LogP contribution is 2.33. The molecule has 0 saturated carbocycles. The first-order valence-electron chi connectivity index (χ1n) is 12.0. The number of anilines is 1. The summed E-state index contributed by atoms with van der Waals surface area (Å²) in [6, 6.07) is 8.20. The van der Waals surface area contributed by atoms with Gasteiger partial charge >= 0.3 is 6.18 Å². The quantitative estimate of drug-likeness (QED) is 0.626. The number of fused-ring (bicyclic) bond motifs is 2. The van der Waals surface area contributed by atoms with Gasteiger partial charge in [-0.05, 0) is 62.2 Å². The number of halogens is 3. The second-order valence-corrected chi connectivity index (χ2v) is 9.07. The molecule has 2 heterocycles. The number of benzene rings is 2. The molecule has 4 rings (SSSR count). The molecular weight excluding hydrogens is 491 g/mol. The number of ether oxygens (including phenoxy) is 2. The van der Waals surface area contributed by atoms with Crippen molar-refractivity contribution in [2.24, 2.45) is 0 Å². The van der Waals surface area contributed by atoms with Crippen molar-refractivity contribution in [3.63, 3.8) is 0 Å². The highest BCUT2D eigenvalue weighted by atomic mass is 19.4. The van der Waals surface area contributed by atoms with E-state index in [-0.39, 0.29) is 48.1 Å². The van der Waals surface area contributed by atoms with E-state index in [0.717, 1.165) is 24.3 Å². The molecular formula is C26H28F3N3O5. The molecule has 0 unspecified atom stereocenters. The van der Waals surface area contributed by atoms with Crippen molar-refractivity contribution in [2.45, 2.75) is 50.6 Å². The summed E-state index contributed by atoms with van der Waals surface area (Å²) < 4.78 is 50.4. The molecule has 3 atom stereocenters. The number of nitrogens with zero attached hydrogens (tertiary/aromatic N) is 1. The van der Waals surface area contributed by atoms with Crippen LogP contribution in [0.25, 0.3) is 0 Å². The third-order valence-electron chi connectivity index (χ3n) is 6.53. The van der Waals surface area contributed by atoms with Crippen LogP contribution < -0.4 is 15.4 Å². The van der Waals surface area contributed by atoms with Crippen LogP contribution in [0.3, 0.4) is 0 Å². The minimum atomic E-state index is -4.50. The van der Waals surface area contributed by atoms with E-state index in [9.17, 15) is 27.6 Å². The van der Waals surface area contributed by atoms with Crippen molar-refractivity contribution >= 4 is 23.4 Å². The topological polar surface area (TPSA) is 97.0 Å². The molecule has 0 aromatic heterocycles. The summed E-state index contributed by atoms with van der Waals surface area (Å²) in [6.07, 6.45) is -3.67. The van der Waals surface area contributed by atoms with Crippen LogP contribution in [0.1, 0.15) is 52.5 Å². The molecule has 2 aliphatic heterocycles. The molecule has 2 aromatic rings. The fourth-order valence-electron chi connectivity index (χ4n) is 4.60. The van der Waals surface area contributed by atoms with Crippen LogP contribution in [-0.2, 0) is 15.7 Å². The molecule has 2 N–H and O–H groups in total. The average molecular weight is 520 g/mol. The van der Waals surface area contributed by atoms with Gasteiger partial charge in [0.2, 0.25) is 5.91 Å². The van der Waals surface area contributed by atoms with Gasteiger partial charge in [-0.25, -0.2) is 0 Å². The summed E-state index contributed by atoms with van der Waals surface area (Å²) in [7, 11) is 1.68. The van der Waals surface area contributed by atoms with Crippen LogP contribution in [0.2, 0.25) is 0 Å². The number of hydrogen-bond donors (Lipinski definition) is 2. The largest absolute Gasteiger partial charge is 0.490 e. The average Bonchev–Trinajstić information content (AvgIpc) is 2.86. The molecule has 11 heteroatoms. The molecule has 0 spiro atoms. The van der Waals surface area contributed by atoms with Gasteiger partial charge in [0.05, 0.1) is 29.7 Å². The fourth-order valence-corrected chi connectivity index (χ4v) is 4.60. The third kappa shape index (κ3) is 6.04. The lowest BCUT2D eigenvalue weighted by atomic mass is 9.94. The van der Waals surface area contributed by atoms with E-state index in [4.69, 9.17) is 9.47 Å². The molecule has 8 nitrogen and oxygen atoms in total. The molecule has 0 bridgehead atoms. The first-order valence-corrected chi connectivity index (χ1v) is 12.0. The molecule has 1 fully saturated rings. The Kier molecular flexibility index (Phi) is 7.72. The van der Waals surface area contributed by atoms with Gasteiger partial charge in [0.25, 0.3) is 11.8 Å². The summed E-state index contributed by atoms with van der Waals surface area (Å²) >= 11 is 0. The molecule has 2 aromatic carbocycles. The van der Waals surface area contributed by atoms with E-state index in [0.29, 0.717) is 30.8 Å². The van der Waals surface area contributed by atoms with Crippen molar-refractivity contribution in [2.75, 3.05) is 25.5 Å². The Labute approximate surface area is 212 Å². The van der Waals surface area contributed by atoms with E-state index in [1.54, 1.807) is 24.1 Å². The smallest absolute Gasteiger partial charge is 0.416 e. The standard InChI is InChI=1S/C26H28F3N3O5/c1-3-30-23(33)13-18-9-10-20-22(37-18)14-36-21-11-8-17(12-19(21)25(35)32(20)2)31-24(34)15-4-6-16(7-5-15)26(27,28)29/h4-8,11-12,18,20,22H,3,9-10,13-14H2,1-2H3,(H,30,33)(H,31,34)/t18-,20-,22+/m1/s1. The lowest BCUT2D eigenvalue weighted by Gasteiger charge is -2.42. The third-order valence-corrected chi connectivity index (χ3v) is 6.53. The maximum Gasteiger partial charge on any atom is 0.416 e. The highest BCUT2D eigenvalue weighted by molar-refractivity contribution is 6.05. The minimum absolute atomic E-state index is 0.0452. The minimum Gasteiger partial charge on any atom is -0.490 e. The molecule has 37 heavy (non-hydrogen) atoms. The van der Waals surface area contributed by atoms with Gasteiger partial charge in [0.1, 0.15) is 18.5 Å². The summed E-state index contributed by atoms with van der Waals surface area (Å²) in [6.45, 7) is 2.57. The normalized spacial score (nSPS) is 21.6. The number of likely N-dealkylation sites (N-methyl/N-ethyl adjacent to an activating group) is 1. The number of alkyl halides is 3. The lowest BCUT2D eigenvalue weighted by molar-refractivity contribution is -0.137. The van der Waals surface area contributed by atoms with Gasteiger partial charge in [-0.1, -0.05) is 0 Å². The number of carbonyl (C=O) groups is 3. The zero-order valence-electron chi connectivity index (χ0n) is 20.4. The van der Waals surface area contributed by atoms with Crippen LogP contribution >= 0.6 is 0 Å². The number of hydrogen-bond acceptors (Lipinski definition) is 5. The molecule has 198 valence electrons. The molecule has 1 saturated heterocycles. The molecule has 2 aliphatic rings. The number of rotatable bonds is 5. The first-order chi connectivity index (χ1) is 17.6. The Hall–Kier alpha value is -3.60. The lowest BCUT2D eigenvalue weighted by Crippen LogP contribution is -2.54. The Morgan fingerprint density at radius 2 is 1.84 bits per heavy atom.